The lowest BCUT2D eigenvalue weighted by Crippen LogP contribution is -2.17. The van der Waals surface area contributed by atoms with Gasteiger partial charge in [-0.2, -0.15) is 10.2 Å². The molecule has 4 aromatic heterocycles. The molecule has 0 saturated carbocycles. The molecule has 0 saturated heterocycles. The third-order valence-electron chi connectivity index (χ3n) is 9.41. The number of thioether (sulfide) groups is 2. The number of nitrogens with one attached hydrogen (secondary N) is 4. The fraction of sp³-hybridized carbons (Fsp3) is 0.125. The van der Waals surface area contributed by atoms with E-state index in [1.807, 2.05) is 60.7 Å². The van der Waals surface area contributed by atoms with Crippen LogP contribution in [-0.4, -0.2) is 52.5 Å². The summed E-state index contributed by atoms with van der Waals surface area (Å²) >= 11 is 26.8. The standard InChI is InChI=1S/C24H19Cl2N3O3S.C12H9Cl2NO2S.C12H12N2O2/c25-19-9-8-18(12-20(19)26)33-14-16-10-22(23(30)27-13-16)32-24(31)21-11-17(28-29-21)7-6-15-4-2-1-3-5-15;13-9-2-1-8(4-10(9)14)18-6-7-3-11(16)12(17)15-5-7;15-12(16)11-8-10(13-14-11)7-6-9-4-2-1-3-5-9/h1-5,8-13H,6-7,14H2,(H,27,30)(H,28,29);1-5,16H,6H2,(H,15,17);1-5,8H,6-7H2,(H,13,14)(H,15,16). The maximum absolute atomic E-state index is 12.5. The highest BCUT2D eigenvalue weighted by atomic mass is 35.5. The number of nitrogens with zero attached hydrogens (tertiary/aromatic N) is 2. The van der Waals surface area contributed by atoms with Gasteiger partial charge in [-0.05, 0) is 109 Å². The van der Waals surface area contributed by atoms with Gasteiger partial charge in [-0.1, -0.05) is 107 Å². The maximum atomic E-state index is 12.5. The van der Waals surface area contributed by atoms with E-state index in [-0.39, 0.29) is 22.9 Å². The Bertz CT molecular complexity index is 3040. The average Bonchev–Trinajstić information content (AvgIpc) is 4.03. The molecule has 0 aliphatic rings. The number of ether oxygens (including phenoxy) is 1. The van der Waals surface area contributed by atoms with Crippen LogP contribution in [0.3, 0.4) is 0 Å². The summed E-state index contributed by atoms with van der Waals surface area (Å²) in [4.78, 5) is 53.2. The van der Waals surface area contributed by atoms with Gasteiger partial charge in [0, 0.05) is 45.1 Å². The van der Waals surface area contributed by atoms with E-state index in [9.17, 15) is 24.3 Å². The second-order valence-corrected chi connectivity index (χ2v) is 18.1. The second kappa shape index (κ2) is 25.1. The SMILES string of the molecule is O=C(O)c1cc(CCc2ccccc2)[nH]n1.O=C(Oc1cc(CSc2ccc(Cl)c(Cl)c2)c[nH]c1=O)c1cc(CCc2ccccc2)[nH]n1.O=c1[nH]cc(CSc2ccc(Cl)c(Cl)c2)cc1O. The first-order chi connectivity index (χ1) is 32.3. The number of esters is 1. The lowest BCUT2D eigenvalue weighted by atomic mass is 10.1. The molecule has 8 aromatic rings. The van der Waals surface area contributed by atoms with Gasteiger partial charge < -0.3 is 24.9 Å². The van der Waals surface area contributed by atoms with Crippen molar-refractivity contribution in [1.82, 2.24) is 30.4 Å². The number of aromatic carboxylic acids is 1. The fourth-order valence-electron chi connectivity index (χ4n) is 5.92. The van der Waals surface area contributed by atoms with E-state index in [2.05, 4.69) is 42.5 Å². The molecule has 8 rings (SSSR count). The maximum Gasteiger partial charge on any atom is 0.364 e. The summed E-state index contributed by atoms with van der Waals surface area (Å²) in [5, 5.41) is 33.3. The molecular weight excluding hydrogens is 979 g/mol. The number of aromatic nitrogens is 6. The highest BCUT2D eigenvalue weighted by Gasteiger charge is 2.16. The Morgan fingerprint density at radius 2 is 1.03 bits per heavy atom. The van der Waals surface area contributed by atoms with Gasteiger partial charge in [0.25, 0.3) is 11.1 Å². The Hall–Kier alpha value is -6.20. The van der Waals surface area contributed by atoms with Gasteiger partial charge in [-0.3, -0.25) is 19.8 Å². The molecule has 13 nitrogen and oxygen atoms in total. The molecule has 4 heterocycles. The number of aromatic hydroxyl groups is 1. The smallest absolute Gasteiger partial charge is 0.364 e. The van der Waals surface area contributed by atoms with E-state index in [4.69, 9.17) is 56.2 Å². The van der Waals surface area contributed by atoms with E-state index in [0.29, 0.717) is 38.0 Å². The molecule has 19 heteroatoms. The molecule has 0 bridgehead atoms. The summed E-state index contributed by atoms with van der Waals surface area (Å²) in [6, 6.07) is 37.0. The van der Waals surface area contributed by atoms with Gasteiger partial charge in [0.1, 0.15) is 0 Å². The number of halogens is 4. The molecule has 6 N–H and O–H groups in total. The minimum Gasteiger partial charge on any atom is -0.503 e. The third-order valence-corrected chi connectivity index (χ3v) is 13.0. The van der Waals surface area contributed by atoms with Crippen molar-refractivity contribution in [2.45, 2.75) is 47.0 Å². The first kappa shape index (κ1) is 50.2. The molecule has 0 atom stereocenters. The molecule has 0 radical (unpaired) electrons. The number of carbonyl (C=O) groups is 2. The highest BCUT2D eigenvalue weighted by molar-refractivity contribution is 7.98. The highest BCUT2D eigenvalue weighted by Crippen LogP contribution is 2.31. The van der Waals surface area contributed by atoms with Crippen molar-refractivity contribution >= 4 is 81.9 Å². The summed E-state index contributed by atoms with van der Waals surface area (Å²) in [7, 11) is 0. The molecule has 67 heavy (non-hydrogen) atoms. The van der Waals surface area contributed by atoms with Crippen molar-refractivity contribution in [2.24, 2.45) is 0 Å². The van der Waals surface area contributed by atoms with Crippen molar-refractivity contribution in [3.63, 3.8) is 0 Å². The Morgan fingerprint density at radius 1 is 0.552 bits per heavy atom. The van der Waals surface area contributed by atoms with Crippen LogP contribution in [0, 0.1) is 0 Å². The number of carboxylic acids is 1. The molecule has 344 valence electrons. The lowest BCUT2D eigenvalue weighted by Gasteiger charge is -2.06. The van der Waals surface area contributed by atoms with Gasteiger partial charge in [0.2, 0.25) is 0 Å². The van der Waals surface area contributed by atoms with Crippen molar-refractivity contribution < 1.29 is 24.5 Å². The van der Waals surface area contributed by atoms with Crippen LogP contribution in [-0.2, 0) is 37.2 Å². The predicted octanol–water partition coefficient (Wildman–Crippen LogP) is 11.3. The molecule has 0 fully saturated rings. The van der Waals surface area contributed by atoms with Crippen LogP contribution in [0.5, 0.6) is 11.5 Å². The van der Waals surface area contributed by atoms with Crippen molar-refractivity contribution in [2.75, 3.05) is 0 Å². The number of aryl methyl sites for hydroxylation is 4. The van der Waals surface area contributed by atoms with Crippen LogP contribution >= 0.6 is 69.9 Å². The summed E-state index contributed by atoms with van der Waals surface area (Å²) in [5.41, 5.74) is 4.89. The van der Waals surface area contributed by atoms with Crippen LogP contribution in [0.4, 0.5) is 0 Å². The lowest BCUT2D eigenvalue weighted by molar-refractivity contribution is 0.0687. The summed E-state index contributed by atoms with van der Waals surface area (Å²) < 4.78 is 5.32. The van der Waals surface area contributed by atoms with Gasteiger partial charge in [0.15, 0.2) is 22.9 Å². The average molecular weight is 1020 g/mol. The number of hydrogen-bond donors (Lipinski definition) is 6. The summed E-state index contributed by atoms with van der Waals surface area (Å²) in [5.74, 6) is -0.907. The van der Waals surface area contributed by atoms with Crippen molar-refractivity contribution in [1.29, 1.82) is 0 Å². The quantitative estimate of drug-likeness (QED) is 0.0421. The minimum atomic E-state index is -0.998. The van der Waals surface area contributed by atoms with Gasteiger partial charge in [-0.25, -0.2) is 9.59 Å². The van der Waals surface area contributed by atoms with Crippen molar-refractivity contribution in [3.8, 4) is 11.5 Å². The number of hydrogen-bond acceptors (Lipinski definition) is 10. The number of aromatic amines is 4. The normalized spacial score (nSPS) is 10.6. The molecule has 0 aliphatic carbocycles. The van der Waals surface area contributed by atoms with Crippen LogP contribution < -0.4 is 15.9 Å². The molecule has 4 aromatic carbocycles. The minimum absolute atomic E-state index is 0.0723. The van der Waals surface area contributed by atoms with Gasteiger partial charge >= 0.3 is 11.9 Å². The molecule has 0 amide bonds. The molecule has 0 aliphatic heterocycles. The molecule has 0 unspecified atom stereocenters. The van der Waals surface area contributed by atoms with Crippen LogP contribution in [0.15, 0.2) is 153 Å². The number of carbonyl (C=O) groups excluding carboxylic acids is 1. The summed E-state index contributed by atoms with van der Waals surface area (Å²) in [6.07, 6.45) is 6.32. The number of benzene rings is 4. The van der Waals surface area contributed by atoms with Crippen molar-refractivity contribution in [3.05, 3.63) is 220 Å². The first-order valence-corrected chi connectivity index (χ1v) is 23.7. The van der Waals surface area contributed by atoms with Crippen LogP contribution in [0.1, 0.15) is 54.6 Å². The first-order valence-electron chi connectivity index (χ1n) is 20.2. The summed E-state index contributed by atoms with van der Waals surface area (Å²) in [6.45, 7) is 0. The van der Waals surface area contributed by atoms with Crippen LogP contribution in [0.2, 0.25) is 20.1 Å². The van der Waals surface area contributed by atoms with E-state index >= 15 is 0 Å². The zero-order chi connectivity index (χ0) is 47.7. The Labute approximate surface area is 412 Å². The van der Waals surface area contributed by atoms with E-state index in [0.717, 1.165) is 51.6 Å². The van der Waals surface area contributed by atoms with Gasteiger partial charge in [-0.15, -0.1) is 23.5 Å². The number of rotatable bonds is 15. The Kier molecular flexibility index (Phi) is 18.8. The molecular formula is C48H40Cl4N6O7S2. The topological polar surface area (TPSA) is 207 Å². The van der Waals surface area contributed by atoms with E-state index in [1.165, 1.54) is 40.7 Å². The number of carboxylic acid groups (broad SMARTS) is 1. The van der Waals surface area contributed by atoms with Crippen LogP contribution in [0.25, 0.3) is 0 Å². The Balaban J connectivity index is 0.000000183. The number of pyridine rings is 2. The number of H-pyrrole nitrogens is 4. The fourth-order valence-corrected chi connectivity index (χ4v) is 8.38. The van der Waals surface area contributed by atoms with Gasteiger partial charge in [0.05, 0.1) is 20.1 Å². The Morgan fingerprint density at radius 3 is 1.51 bits per heavy atom. The zero-order valence-corrected chi connectivity index (χ0v) is 39.8. The third kappa shape index (κ3) is 16.0. The van der Waals surface area contributed by atoms with E-state index < -0.39 is 23.1 Å². The zero-order valence-electron chi connectivity index (χ0n) is 35.1. The predicted molar refractivity (Wildman–Crippen MR) is 265 cm³/mol. The molecule has 0 spiro atoms. The monoisotopic (exact) mass is 1020 g/mol. The largest absolute Gasteiger partial charge is 0.503 e. The second-order valence-electron chi connectivity index (χ2n) is 14.4. The van der Waals surface area contributed by atoms with E-state index in [1.54, 1.807) is 54.9 Å².